The van der Waals surface area contributed by atoms with Gasteiger partial charge in [-0.25, -0.2) is 0 Å². The first-order valence-electron chi connectivity index (χ1n) is 7.45. The van der Waals surface area contributed by atoms with Crippen LogP contribution in [0.1, 0.15) is 29.1 Å². The van der Waals surface area contributed by atoms with Crippen molar-refractivity contribution in [1.82, 2.24) is 5.32 Å². The summed E-state index contributed by atoms with van der Waals surface area (Å²) < 4.78 is 0. The van der Waals surface area contributed by atoms with Gasteiger partial charge >= 0.3 is 0 Å². The maximum Gasteiger partial charge on any atom is 0.251 e. The van der Waals surface area contributed by atoms with Crippen molar-refractivity contribution in [3.63, 3.8) is 0 Å². The van der Waals surface area contributed by atoms with Crippen LogP contribution in [-0.4, -0.2) is 24.3 Å². The van der Waals surface area contributed by atoms with Crippen LogP contribution in [0.25, 0.3) is 0 Å². The molecule has 1 heterocycles. The van der Waals surface area contributed by atoms with Gasteiger partial charge in [-0.3, -0.25) is 14.4 Å². The van der Waals surface area contributed by atoms with E-state index in [9.17, 15) is 14.4 Å². The molecule has 0 saturated heterocycles. The zero-order valence-electron chi connectivity index (χ0n) is 13.5. The summed E-state index contributed by atoms with van der Waals surface area (Å²) in [6.45, 7) is 3.27. The predicted molar refractivity (Wildman–Crippen MR) is 95.4 cm³/mol. The van der Waals surface area contributed by atoms with Gasteiger partial charge in [0, 0.05) is 42.2 Å². The minimum absolute atomic E-state index is 0.251. The van der Waals surface area contributed by atoms with E-state index in [0.717, 1.165) is 6.42 Å². The van der Waals surface area contributed by atoms with E-state index in [4.69, 9.17) is 0 Å². The van der Waals surface area contributed by atoms with Crippen LogP contribution in [0.3, 0.4) is 0 Å². The van der Waals surface area contributed by atoms with Gasteiger partial charge in [0.1, 0.15) is 0 Å². The zero-order valence-corrected chi connectivity index (χ0v) is 14.3. The van der Waals surface area contributed by atoms with Crippen molar-refractivity contribution in [2.75, 3.05) is 17.2 Å². The largest absolute Gasteiger partial charge is 0.352 e. The van der Waals surface area contributed by atoms with Gasteiger partial charge in [-0.05, 0) is 36.1 Å². The number of carbonyl (C=O) groups is 3. The second-order valence-corrected chi connectivity index (χ2v) is 6.28. The first-order valence-corrected chi connectivity index (χ1v) is 8.33. The fourth-order valence-electron chi connectivity index (χ4n) is 2.17. The van der Waals surface area contributed by atoms with Crippen LogP contribution >= 0.6 is 11.3 Å². The molecule has 2 aromatic rings. The van der Waals surface area contributed by atoms with Gasteiger partial charge < -0.3 is 16.0 Å². The SMILES string of the molecule is CC(=O)Nc1cc(NC(C)=O)cc(C(=O)NCCc2cccs2)c1. The minimum atomic E-state index is -0.259. The smallest absolute Gasteiger partial charge is 0.251 e. The van der Waals surface area contributed by atoms with E-state index >= 15 is 0 Å². The number of hydrogen-bond acceptors (Lipinski definition) is 4. The standard InChI is InChI=1S/C17H19N3O3S/c1-11(21)19-14-8-13(9-15(10-14)20-12(2)22)17(23)18-6-5-16-4-3-7-24-16/h3-4,7-10H,5-6H2,1-2H3,(H,18,23)(H,19,21)(H,20,22). The molecule has 0 aliphatic carbocycles. The highest BCUT2D eigenvalue weighted by molar-refractivity contribution is 7.09. The van der Waals surface area contributed by atoms with Crippen molar-refractivity contribution in [1.29, 1.82) is 0 Å². The van der Waals surface area contributed by atoms with Crippen molar-refractivity contribution in [2.24, 2.45) is 0 Å². The third kappa shape index (κ3) is 5.51. The van der Waals surface area contributed by atoms with Gasteiger partial charge in [-0.2, -0.15) is 0 Å². The van der Waals surface area contributed by atoms with Gasteiger partial charge in [0.15, 0.2) is 0 Å². The van der Waals surface area contributed by atoms with Crippen LogP contribution in [-0.2, 0) is 16.0 Å². The number of carbonyl (C=O) groups excluding carboxylic acids is 3. The number of hydrogen-bond donors (Lipinski definition) is 3. The lowest BCUT2D eigenvalue weighted by Gasteiger charge is -2.11. The molecule has 0 bridgehead atoms. The molecule has 2 rings (SSSR count). The molecule has 0 fully saturated rings. The molecule has 6 nitrogen and oxygen atoms in total. The van der Waals surface area contributed by atoms with E-state index in [-0.39, 0.29) is 17.7 Å². The Morgan fingerprint density at radius 1 is 1.00 bits per heavy atom. The zero-order chi connectivity index (χ0) is 17.5. The lowest BCUT2D eigenvalue weighted by Crippen LogP contribution is -2.26. The molecule has 24 heavy (non-hydrogen) atoms. The van der Waals surface area contributed by atoms with E-state index < -0.39 is 0 Å². The van der Waals surface area contributed by atoms with Crippen LogP contribution in [0, 0.1) is 0 Å². The average Bonchev–Trinajstić information content (AvgIpc) is 2.98. The molecule has 3 amide bonds. The Kier molecular flexibility index (Phi) is 6.08. The summed E-state index contributed by atoms with van der Waals surface area (Å²) in [6.07, 6.45) is 0.757. The Bertz CT molecular complexity index is 707. The number of rotatable bonds is 6. The second kappa shape index (κ2) is 8.26. The lowest BCUT2D eigenvalue weighted by atomic mass is 10.1. The van der Waals surface area contributed by atoms with Crippen molar-refractivity contribution in [2.45, 2.75) is 20.3 Å². The molecular weight excluding hydrogens is 326 g/mol. The molecular formula is C17H19N3O3S. The fraction of sp³-hybridized carbons (Fsp3) is 0.235. The highest BCUT2D eigenvalue weighted by atomic mass is 32.1. The van der Waals surface area contributed by atoms with Crippen molar-refractivity contribution in [3.05, 3.63) is 46.2 Å². The number of amides is 3. The predicted octanol–water partition coefficient (Wildman–Crippen LogP) is 2.64. The maximum atomic E-state index is 12.3. The molecule has 7 heteroatoms. The molecule has 0 saturated carbocycles. The van der Waals surface area contributed by atoms with Gasteiger partial charge in [0.05, 0.1) is 0 Å². The van der Waals surface area contributed by atoms with E-state index in [0.29, 0.717) is 23.5 Å². The summed E-state index contributed by atoms with van der Waals surface area (Å²) in [7, 11) is 0. The lowest BCUT2D eigenvalue weighted by molar-refractivity contribution is -0.115. The Morgan fingerprint density at radius 2 is 1.62 bits per heavy atom. The molecule has 0 atom stereocenters. The molecule has 1 aromatic carbocycles. The highest BCUT2D eigenvalue weighted by Gasteiger charge is 2.10. The third-order valence-corrected chi connectivity index (χ3v) is 4.01. The van der Waals surface area contributed by atoms with Crippen LogP contribution in [0.15, 0.2) is 35.7 Å². The van der Waals surface area contributed by atoms with Crippen molar-refractivity contribution in [3.8, 4) is 0 Å². The highest BCUT2D eigenvalue weighted by Crippen LogP contribution is 2.19. The van der Waals surface area contributed by atoms with Crippen molar-refractivity contribution >= 4 is 40.4 Å². The number of thiophene rings is 1. The first-order chi connectivity index (χ1) is 11.4. The van der Waals surface area contributed by atoms with Crippen LogP contribution < -0.4 is 16.0 Å². The van der Waals surface area contributed by atoms with Gasteiger partial charge in [0.25, 0.3) is 5.91 Å². The summed E-state index contributed by atoms with van der Waals surface area (Å²) in [5, 5.41) is 10.1. The van der Waals surface area contributed by atoms with E-state index in [2.05, 4.69) is 16.0 Å². The fourth-order valence-corrected chi connectivity index (χ4v) is 2.87. The second-order valence-electron chi connectivity index (χ2n) is 5.25. The van der Waals surface area contributed by atoms with Crippen LogP contribution in [0.5, 0.6) is 0 Å². The average molecular weight is 345 g/mol. The van der Waals surface area contributed by atoms with E-state index in [1.165, 1.54) is 18.7 Å². The van der Waals surface area contributed by atoms with Crippen LogP contribution in [0.4, 0.5) is 11.4 Å². The van der Waals surface area contributed by atoms with Gasteiger partial charge in [0.2, 0.25) is 11.8 Å². The maximum absolute atomic E-state index is 12.3. The molecule has 1 aromatic heterocycles. The number of benzene rings is 1. The summed E-state index contributed by atoms with van der Waals surface area (Å²) in [4.78, 5) is 36.0. The summed E-state index contributed by atoms with van der Waals surface area (Å²) in [6, 6.07) is 8.74. The molecule has 0 aliphatic rings. The Balaban J connectivity index is 2.09. The molecule has 0 radical (unpaired) electrons. The molecule has 126 valence electrons. The summed E-state index contributed by atoms with van der Waals surface area (Å²) >= 11 is 1.64. The minimum Gasteiger partial charge on any atom is -0.352 e. The monoisotopic (exact) mass is 345 g/mol. The molecule has 0 unspecified atom stereocenters. The number of nitrogens with one attached hydrogen (secondary N) is 3. The third-order valence-electron chi connectivity index (χ3n) is 3.07. The topological polar surface area (TPSA) is 87.3 Å². The summed E-state index contributed by atoms with van der Waals surface area (Å²) in [5.74, 6) is -0.761. The summed E-state index contributed by atoms with van der Waals surface area (Å²) in [5.41, 5.74) is 1.28. The normalized spacial score (nSPS) is 10.1. The van der Waals surface area contributed by atoms with Gasteiger partial charge in [-0.15, -0.1) is 11.3 Å². The van der Waals surface area contributed by atoms with Crippen molar-refractivity contribution < 1.29 is 14.4 Å². The Morgan fingerprint density at radius 3 is 2.12 bits per heavy atom. The molecule has 0 aliphatic heterocycles. The first kappa shape index (κ1) is 17.7. The molecule has 0 spiro atoms. The van der Waals surface area contributed by atoms with Crippen LogP contribution in [0.2, 0.25) is 0 Å². The molecule has 3 N–H and O–H groups in total. The Labute approximate surface area is 144 Å². The quantitative estimate of drug-likeness (QED) is 0.752. The van der Waals surface area contributed by atoms with E-state index in [1.54, 1.807) is 29.5 Å². The number of anilines is 2. The van der Waals surface area contributed by atoms with Gasteiger partial charge in [-0.1, -0.05) is 6.07 Å². The Hall–Kier alpha value is -2.67. The van der Waals surface area contributed by atoms with E-state index in [1.807, 2.05) is 17.5 Å².